The Labute approximate surface area is 136 Å². The zero-order chi connectivity index (χ0) is 16.3. The van der Waals surface area contributed by atoms with Crippen molar-refractivity contribution in [3.63, 3.8) is 0 Å². The van der Waals surface area contributed by atoms with Crippen molar-refractivity contribution in [3.8, 4) is 5.75 Å². The van der Waals surface area contributed by atoms with Gasteiger partial charge in [-0.25, -0.2) is 13.6 Å². The van der Waals surface area contributed by atoms with Gasteiger partial charge in [0, 0.05) is 15.7 Å². The predicted octanol–water partition coefficient (Wildman–Crippen LogP) is 2.36. The largest absolute Gasteiger partial charge is 0.495 e. The first kappa shape index (κ1) is 16.5. The molecule has 2 aromatic carbocycles. The van der Waals surface area contributed by atoms with Gasteiger partial charge in [0.05, 0.1) is 7.11 Å². The third-order valence-electron chi connectivity index (χ3n) is 2.83. The van der Waals surface area contributed by atoms with Gasteiger partial charge in [-0.05, 0) is 42.5 Å². The molecule has 6 nitrogen and oxygen atoms in total. The van der Waals surface area contributed by atoms with E-state index in [0.29, 0.717) is 5.69 Å². The van der Waals surface area contributed by atoms with Gasteiger partial charge in [-0.2, -0.15) is 0 Å². The average molecular weight is 385 g/mol. The summed E-state index contributed by atoms with van der Waals surface area (Å²) < 4.78 is 28.9. The van der Waals surface area contributed by atoms with E-state index in [9.17, 15) is 13.2 Å². The molecule has 0 heterocycles. The Kier molecular flexibility index (Phi) is 4.84. The summed E-state index contributed by atoms with van der Waals surface area (Å²) in [6.07, 6.45) is 0. The van der Waals surface area contributed by atoms with Crippen molar-refractivity contribution in [3.05, 3.63) is 52.5 Å². The van der Waals surface area contributed by atoms with Crippen molar-refractivity contribution in [1.29, 1.82) is 0 Å². The first-order valence-corrected chi connectivity index (χ1v) is 8.43. The summed E-state index contributed by atoms with van der Waals surface area (Å²) in [5.74, 6) is -0.363. The molecule has 0 aliphatic rings. The molecule has 0 saturated carbocycles. The molecule has 0 aromatic heterocycles. The molecule has 116 valence electrons. The Morgan fingerprint density at radius 3 is 2.36 bits per heavy atom. The highest BCUT2D eigenvalue weighted by molar-refractivity contribution is 9.10. The van der Waals surface area contributed by atoms with E-state index < -0.39 is 15.9 Å². The van der Waals surface area contributed by atoms with Crippen LogP contribution in [-0.2, 0) is 10.0 Å². The minimum absolute atomic E-state index is 0.0858. The molecule has 0 fully saturated rings. The predicted molar refractivity (Wildman–Crippen MR) is 86.5 cm³/mol. The second-order valence-electron chi connectivity index (χ2n) is 4.37. The molecule has 0 aliphatic heterocycles. The summed E-state index contributed by atoms with van der Waals surface area (Å²) in [4.78, 5) is 11.9. The van der Waals surface area contributed by atoms with Gasteiger partial charge in [-0.1, -0.05) is 15.9 Å². The van der Waals surface area contributed by atoms with Gasteiger partial charge in [0.1, 0.15) is 10.6 Å². The number of hydrogen-bond donors (Lipinski definition) is 2. The van der Waals surface area contributed by atoms with E-state index >= 15 is 0 Å². The summed E-state index contributed by atoms with van der Waals surface area (Å²) in [6, 6.07) is 11.0. The molecular formula is C14H13BrN2O4S. The average Bonchev–Trinajstić information content (AvgIpc) is 2.48. The van der Waals surface area contributed by atoms with E-state index in [1.165, 1.54) is 25.3 Å². The van der Waals surface area contributed by atoms with Crippen LogP contribution in [-0.4, -0.2) is 21.4 Å². The smallest absolute Gasteiger partial charge is 0.255 e. The van der Waals surface area contributed by atoms with Gasteiger partial charge in [-0.3, -0.25) is 4.79 Å². The van der Waals surface area contributed by atoms with Crippen LogP contribution in [0.5, 0.6) is 5.75 Å². The number of primary sulfonamides is 1. The number of sulfonamides is 1. The lowest BCUT2D eigenvalue weighted by atomic mass is 10.2. The number of benzene rings is 2. The minimum atomic E-state index is -3.99. The van der Waals surface area contributed by atoms with Crippen molar-refractivity contribution in [2.45, 2.75) is 4.90 Å². The van der Waals surface area contributed by atoms with Crippen LogP contribution in [0.15, 0.2) is 51.8 Å². The van der Waals surface area contributed by atoms with E-state index in [1.54, 1.807) is 24.3 Å². The quantitative estimate of drug-likeness (QED) is 0.844. The Morgan fingerprint density at radius 2 is 1.82 bits per heavy atom. The fraction of sp³-hybridized carbons (Fsp3) is 0.0714. The van der Waals surface area contributed by atoms with E-state index in [-0.39, 0.29) is 16.2 Å². The molecule has 0 unspecified atom stereocenters. The normalized spacial score (nSPS) is 11.0. The van der Waals surface area contributed by atoms with Crippen LogP contribution >= 0.6 is 15.9 Å². The Morgan fingerprint density at radius 1 is 1.18 bits per heavy atom. The summed E-state index contributed by atoms with van der Waals surface area (Å²) in [7, 11) is -2.67. The van der Waals surface area contributed by atoms with Gasteiger partial charge in [0.25, 0.3) is 5.91 Å². The molecule has 0 aliphatic carbocycles. The highest BCUT2D eigenvalue weighted by Gasteiger charge is 2.18. The molecule has 0 spiro atoms. The highest BCUT2D eigenvalue weighted by atomic mass is 79.9. The topological polar surface area (TPSA) is 98.5 Å². The molecule has 0 saturated heterocycles. The number of carbonyl (C=O) groups is 1. The monoisotopic (exact) mass is 384 g/mol. The van der Waals surface area contributed by atoms with Crippen molar-refractivity contribution < 1.29 is 17.9 Å². The summed E-state index contributed by atoms with van der Waals surface area (Å²) >= 11 is 3.30. The van der Waals surface area contributed by atoms with Crippen LogP contribution in [0.1, 0.15) is 10.4 Å². The molecule has 3 N–H and O–H groups in total. The summed E-state index contributed by atoms with van der Waals surface area (Å²) in [5.41, 5.74) is 0.744. The maximum absolute atomic E-state index is 12.2. The maximum Gasteiger partial charge on any atom is 0.255 e. The van der Waals surface area contributed by atoms with Gasteiger partial charge < -0.3 is 10.1 Å². The number of carbonyl (C=O) groups excluding carboxylic acids is 1. The Hall–Kier alpha value is -1.90. The number of nitrogens with two attached hydrogens (primary N) is 1. The lowest BCUT2D eigenvalue weighted by Gasteiger charge is -2.10. The lowest BCUT2D eigenvalue weighted by Crippen LogP contribution is -2.16. The highest BCUT2D eigenvalue weighted by Crippen LogP contribution is 2.24. The van der Waals surface area contributed by atoms with Crippen LogP contribution in [0.2, 0.25) is 0 Å². The SMILES string of the molecule is COc1ccc(C(=O)Nc2ccc(Br)cc2)cc1S(N)(=O)=O. The van der Waals surface area contributed by atoms with E-state index in [2.05, 4.69) is 21.2 Å². The van der Waals surface area contributed by atoms with Crippen LogP contribution in [0, 0.1) is 0 Å². The molecule has 0 atom stereocenters. The summed E-state index contributed by atoms with van der Waals surface area (Å²) in [6.45, 7) is 0. The molecule has 8 heteroatoms. The molecule has 1 amide bonds. The van der Waals surface area contributed by atoms with Crippen molar-refractivity contribution in [2.75, 3.05) is 12.4 Å². The van der Waals surface area contributed by atoms with Crippen molar-refractivity contribution >= 4 is 37.5 Å². The van der Waals surface area contributed by atoms with Crippen LogP contribution < -0.4 is 15.2 Å². The molecular weight excluding hydrogens is 372 g/mol. The standard InChI is InChI=1S/C14H13BrN2O4S/c1-21-12-7-2-9(8-13(12)22(16,19)20)14(18)17-11-5-3-10(15)4-6-11/h2-8H,1H3,(H,17,18)(H2,16,19,20). The molecule has 2 rings (SSSR count). The van der Waals surface area contributed by atoms with Crippen LogP contribution in [0.25, 0.3) is 0 Å². The number of methoxy groups -OCH3 is 1. The number of ether oxygens (including phenoxy) is 1. The maximum atomic E-state index is 12.2. The number of rotatable bonds is 4. The number of hydrogen-bond acceptors (Lipinski definition) is 4. The zero-order valence-electron chi connectivity index (χ0n) is 11.5. The fourth-order valence-corrected chi connectivity index (χ4v) is 2.76. The van der Waals surface area contributed by atoms with Gasteiger partial charge >= 0.3 is 0 Å². The fourth-order valence-electron chi connectivity index (χ4n) is 1.78. The summed E-state index contributed by atoms with van der Waals surface area (Å²) in [5, 5.41) is 7.79. The number of nitrogens with one attached hydrogen (secondary N) is 1. The second kappa shape index (κ2) is 6.47. The van der Waals surface area contributed by atoms with Gasteiger partial charge in [0.2, 0.25) is 10.0 Å². The number of halogens is 1. The van der Waals surface area contributed by atoms with Gasteiger partial charge in [-0.15, -0.1) is 0 Å². The zero-order valence-corrected chi connectivity index (χ0v) is 13.9. The second-order valence-corrected chi connectivity index (χ2v) is 6.82. The first-order valence-electron chi connectivity index (χ1n) is 6.09. The van der Waals surface area contributed by atoms with Crippen molar-refractivity contribution in [2.24, 2.45) is 5.14 Å². The first-order chi connectivity index (χ1) is 10.3. The molecule has 0 radical (unpaired) electrons. The Bertz CT molecular complexity index is 804. The van der Waals surface area contributed by atoms with E-state index in [0.717, 1.165) is 4.47 Å². The van der Waals surface area contributed by atoms with Crippen molar-refractivity contribution in [1.82, 2.24) is 0 Å². The third-order valence-corrected chi connectivity index (χ3v) is 4.30. The molecule has 2 aromatic rings. The number of anilines is 1. The lowest BCUT2D eigenvalue weighted by molar-refractivity contribution is 0.102. The molecule has 0 bridgehead atoms. The van der Waals surface area contributed by atoms with Crippen LogP contribution in [0.3, 0.4) is 0 Å². The third kappa shape index (κ3) is 3.85. The van der Waals surface area contributed by atoms with E-state index in [1.807, 2.05) is 0 Å². The minimum Gasteiger partial charge on any atom is -0.495 e. The van der Waals surface area contributed by atoms with E-state index in [4.69, 9.17) is 9.88 Å². The van der Waals surface area contributed by atoms with Crippen LogP contribution in [0.4, 0.5) is 5.69 Å². The van der Waals surface area contributed by atoms with Gasteiger partial charge in [0.15, 0.2) is 0 Å². The number of amides is 1. The Balaban J connectivity index is 2.32. The molecule has 22 heavy (non-hydrogen) atoms.